The zero-order valence-corrected chi connectivity index (χ0v) is 16.2. The van der Waals surface area contributed by atoms with E-state index in [4.69, 9.17) is 0 Å². The molecule has 1 aliphatic rings. The van der Waals surface area contributed by atoms with Crippen molar-refractivity contribution < 1.29 is 4.79 Å². The number of amides is 1. The molecule has 0 saturated heterocycles. The van der Waals surface area contributed by atoms with Crippen LogP contribution in [0.15, 0.2) is 48.3 Å². The van der Waals surface area contributed by atoms with Crippen LogP contribution in [0.4, 0.5) is 11.5 Å². The molecule has 1 aromatic heterocycles. The second-order valence-corrected chi connectivity index (χ2v) is 6.96. The van der Waals surface area contributed by atoms with Gasteiger partial charge in [-0.1, -0.05) is 23.8 Å². The zero-order valence-electron chi connectivity index (χ0n) is 16.2. The van der Waals surface area contributed by atoms with Crippen molar-refractivity contribution in [1.82, 2.24) is 9.97 Å². The maximum absolute atomic E-state index is 12.8. The van der Waals surface area contributed by atoms with Crippen molar-refractivity contribution in [2.45, 2.75) is 46.0 Å². The van der Waals surface area contributed by atoms with Gasteiger partial charge in [0.25, 0.3) is 5.91 Å². The Morgan fingerprint density at radius 2 is 2.11 bits per heavy atom. The minimum absolute atomic E-state index is 0.130. The molecule has 5 heteroatoms. The molecule has 0 unspecified atom stereocenters. The highest BCUT2D eigenvalue weighted by atomic mass is 16.2. The summed E-state index contributed by atoms with van der Waals surface area (Å²) in [6.45, 7) is 5.41. The fraction of sp³-hybridized carbons (Fsp3) is 0.409. The number of carbonyl (C=O) groups excluding carboxylic acids is 1. The number of rotatable bonds is 7. The van der Waals surface area contributed by atoms with Gasteiger partial charge in [0.15, 0.2) is 0 Å². The van der Waals surface area contributed by atoms with E-state index in [1.807, 2.05) is 38.1 Å². The summed E-state index contributed by atoms with van der Waals surface area (Å²) in [7, 11) is 0. The molecule has 1 N–H and O–H groups in total. The van der Waals surface area contributed by atoms with Crippen LogP contribution in [0.3, 0.4) is 0 Å². The minimum Gasteiger partial charge on any atom is -0.368 e. The van der Waals surface area contributed by atoms with E-state index < -0.39 is 0 Å². The maximum atomic E-state index is 12.8. The lowest BCUT2D eigenvalue weighted by atomic mass is 9.97. The van der Waals surface area contributed by atoms with E-state index in [9.17, 15) is 4.79 Å². The van der Waals surface area contributed by atoms with Crippen LogP contribution in [0.5, 0.6) is 0 Å². The number of carbonyl (C=O) groups is 1. The van der Waals surface area contributed by atoms with Gasteiger partial charge < -0.3 is 10.2 Å². The summed E-state index contributed by atoms with van der Waals surface area (Å²) in [6, 6.07) is 7.93. The Kier molecular flexibility index (Phi) is 6.58. The van der Waals surface area contributed by atoms with Crippen LogP contribution in [0.25, 0.3) is 0 Å². The average Bonchev–Trinajstić information content (AvgIpc) is 2.70. The van der Waals surface area contributed by atoms with E-state index in [0.29, 0.717) is 18.1 Å². The Bertz CT molecular complexity index is 798. The van der Waals surface area contributed by atoms with Gasteiger partial charge in [-0.25, -0.2) is 9.97 Å². The maximum Gasteiger partial charge on any atom is 0.278 e. The van der Waals surface area contributed by atoms with Gasteiger partial charge in [-0.05, 0) is 63.6 Å². The third-order valence-corrected chi connectivity index (χ3v) is 4.88. The lowest BCUT2D eigenvalue weighted by molar-refractivity contribution is 0.0983. The van der Waals surface area contributed by atoms with Crippen molar-refractivity contribution in [1.29, 1.82) is 0 Å². The second kappa shape index (κ2) is 9.31. The zero-order chi connectivity index (χ0) is 19.1. The van der Waals surface area contributed by atoms with Crippen LogP contribution in [-0.2, 0) is 0 Å². The fourth-order valence-electron chi connectivity index (χ4n) is 3.39. The molecule has 1 aliphatic carbocycles. The van der Waals surface area contributed by atoms with Crippen LogP contribution < -0.4 is 10.2 Å². The number of benzene rings is 1. The molecule has 1 amide bonds. The first kappa shape index (κ1) is 19.1. The number of aromatic nitrogens is 2. The molecule has 27 heavy (non-hydrogen) atoms. The van der Waals surface area contributed by atoms with Crippen molar-refractivity contribution in [3.8, 4) is 0 Å². The van der Waals surface area contributed by atoms with Crippen LogP contribution in [0.2, 0.25) is 0 Å². The molecule has 0 aliphatic heterocycles. The van der Waals surface area contributed by atoms with E-state index in [1.54, 1.807) is 17.3 Å². The fourth-order valence-corrected chi connectivity index (χ4v) is 3.39. The molecule has 0 radical (unpaired) electrons. The highest BCUT2D eigenvalue weighted by molar-refractivity contribution is 6.04. The van der Waals surface area contributed by atoms with E-state index in [0.717, 1.165) is 24.2 Å². The standard InChI is InChI=1S/C22H28N4O/c1-3-26(19-11-7-8-17(2)14-19)22(27)20-15-25-21(16-24-20)23-13-12-18-9-5-4-6-10-18/h7-9,11,14-16H,3-6,10,12-13H2,1-2H3,(H,23,25). The van der Waals surface area contributed by atoms with Crippen LogP contribution in [-0.4, -0.2) is 29.0 Å². The third-order valence-electron chi connectivity index (χ3n) is 4.88. The first-order chi connectivity index (χ1) is 13.2. The Hall–Kier alpha value is -2.69. The normalized spacial score (nSPS) is 13.8. The lowest BCUT2D eigenvalue weighted by Gasteiger charge is -2.21. The number of nitrogens with zero attached hydrogens (tertiary/aromatic N) is 3. The molecule has 0 bridgehead atoms. The number of hydrogen-bond donors (Lipinski definition) is 1. The van der Waals surface area contributed by atoms with Crippen molar-refractivity contribution in [2.24, 2.45) is 0 Å². The largest absolute Gasteiger partial charge is 0.368 e. The Morgan fingerprint density at radius 1 is 1.22 bits per heavy atom. The molecule has 3 rings (SSSR count). The van der Waals surface area contributed by atoms with E-state index in [1.165, 1.54) is 31.3 Å². The SMILES string of the molecule is CCN(C(=O)c1cnc(NCCC2=CCCCC2)cn1)c1cccc(C)c1. The molecule has 0 spiro atoms. The van der Waals surface area contributed by atoms with Gasteiger partial charge in [0.2, 0.25) is 0 Å². The monoisotopic (exact) mass is 364 g/mol. The number of hydrogen-bond acceptors (Lipinski definition) is 4. The summed E-state index contributed by atoms with van der Waals surface area (Å²) in [4.78, 5) is 23.2. The number of aryl methyl sites for hydroxylation is 1. The number of anilines is 2. The molecule has 2 aromatic rings. The summed E-state index contributed by atoms with van der Waals surface area (Å²) >= 11 is 0. The quantitative estimate of drug-likeness (QED) is 0.720. The summed E-state index contributed by atoms with van der Waals surface area (Å²) in [5.74, 6) is 0.580. The van der Waals surface area contributed by atoms with Gasteiger partial charge in [0, 0.05) is 18.8 Å². The predicted octanol–water partition coefficient (Wildman–Crippen LogP) is 4.75. The van der Waals surface area contributed by atoms with Crippen molar-refractivity contribution in [3.05, 3.63) is 59.6 Å². The second-order valence-electron chi connectivity index (χ2n) is 6.96. The Labute approximate surface area is 161 Å². The van der Waals surface area contributed by atoms with Gasteiger partial charge in [0.1, 0.15) is 11.5 Å². The first-order valence-corrected chi connectivity index (χ1v) is 9.79. The number of allylic oxidation sites excluding steroid dienone is 1. The van der Waals surface area contributed by atoms with Crippen molar-refractivity contribution in [3.63, 3.8) is 0 Å². The topological polar surface area (TPSA) is 58.1 Å². The van der Waals surface area contributed by atoms with Gasteiger partial charge in [-0.15, -0.1) is 0 Å². The minimum atomic E-state index is -0.130. The van der Waals surface area contributed by atoms with Crippen molar-refractivity contribution in [2.75, 3.05) is 23.3 Å². The van der Waals surface area contributed by atoms with Crippen molar-refractivity contribution >= 4 is 17.4 Å². The summed E-state index contributed by atoms with van der Waals surface area (Å²) in [6.07, 6.45) is 11.7. The average molecular weight is 364 g/mol. The smallest absolute Gasteiger partial charge is 0.278 e. The number of nitrogens with one attached hydrogen (secondary N) is 1. The molecule has 1 heterocycles. The van der Waals surface area contributed by atoms with Crippen LogP contribution in [0, 0.1) is 6.92 Å². The molecular weight excluding hydrogens is 336 g/mol. The van der Waals surface area contributed by atoms with E-state index >= 15 is 0 Å². The van der Waals surface area contributed by atoms with E-state index in [2.05, 4.69) is 21.4 Å². The van der Waals surface area contributed by atoms with Crippen LogP contribution in [0.1, 0.15) is 55.1 Å². The molecule has 1 aromatic carbocycles. The van der Waals surface area contributed by atoms with Crippen LogP contribution >= 0.6 is 0 Å². The predicted molar refractivity (Wildman–Crippen MR) is 110 cm³/mol. The summed E-state index contributed by atoms with van der Waals surface area (Å²) in [5.41, 5.74) is 3.90. The lowest BCUT2D eigenvalue weighted by Crippen LogP contribution is -2.31. The summed E-state index contributed by atoms with van der Waals surface area (Å²) < 4.78 is 0. The van der Waals surface area contributed by atoms with Gasteiger partial charge >= 0.3 is 0 Å². The first-order valence-electron chi connectivity index (χ1n) is 9.79. The van der Waals surface area contributed by atoms with Gasteiger partial charge in [0.05, 0.1) is 12.4 Å². The van der Waals surface area contributed by atoms with Gasteiger partial charge in [-0.2, -0.15) is 0 Å². The third kappa shape index (κ3) is 5.16. The molecule has 142 valence electrons. The highest BCUT2D eigenvalue weighted by Gasteiger charge is 2.18. The molecule has 0 saturated carbocycles. The van der Waals surface area contributed by atoms with E-state index in [-0.39, 0.29) is 5.91 Å². The Morgan fingerprint density at radius 3 is 2.78 bits per heavy atom. The highest BCUT2D eigenvalue weighted by Crippen LogP contribution is 2.20. The van der Waals surface area contributed by atoms with Gasteiger partial charge in [-0.3, -0.25) is 4.79 Å². The molecule has 0 fully saturated rings. The Balaban J connectivity index is 1.60. The molecule has 0 atom stereocenters. The summed E-state index contributed by atoms with van der Waals surface area (Å²) in [5, 5.41) is 3.30. The molecular formula is C22H28N4O. The molecule has 5 nitrogen and oxygen atoms in total.